The molecule has 93 valence electrons. The SMILES string of the molecule is NCCCCCCCCNCCCCN.[Li]. The zero-order chi connectivity index (χ0) is 11.2. The Hall–Kier alpha value is 0.477. The van der Waals surface area contributed by atoms with Crippen molar-refractivity contribution < 1.29 is 0 Å². The average Bonchev–Trinajstić information content (AvgIpc) is 2.26. The molecule has 0 atom stereocenters. The van der Waals surface area contributed by atoms with Crippen molar-refractivity contribution in [2.24, 2.45) is 11.5 Å². The van der Waals surface area contributed by atoms with Crippen LogP contribution in [-0.2, 0) is 0 Å². The molecule has 1 radical (unpaired) electrons. The van der Waals surface area contributed by atoms with Crippen molar-refractivity contribution in [1.29, 1.82) is 0 Å². The van der Waals surface area contributed by atoms with Gasteiger partial charge in [-0.15, -0.1) is 0 Å². The van der Waals surface area contributed by atoms with Gasteiger partial charge in [0.25, 0.3) is 0 Å². The predicted molar refractivity (Wildman–Crippen MR) is 73.7 cm³/mol. The molecule has 0 aromatic rings. The molecule has 0 aliphatic heterocycles. The van der Waals surface area contributed by atoms with E-state index in [4.69, 9.17) is 11.5 Å². The van der Waals surface area contributed by atoms with Crippen molar-refractivity contribution >= 4 is 18.9 Å². The van der Waals surface area contributed by atoms with Crippen molar-refractivity contribution in [3.05, 3.63) is 0 Å². The summed E-state index contributed by atoms with van der Waals surface area (Å²) in [5.41, 5.74) is 10.8. The van der Waals surface area contributed by atoms with Crippen molar-refractivity contribution in [3.8, 4) is 0 Å². The first-order valence-electron chi connectivity index (χ1n) is 6.52. The molecule has 0 aromatic carbocycles. The van der Waals surface area contributed by atoms with Crippen molar-refractivity contribution in [1.82, 2.24) is 5.32 Å². The molecule has 3 nitrogen and oxygen atoms in total. The first-order valence-corrected chi connectivity index (χ1v) is 6.52. The average molecular weight is 222 g/mol. The normalized spacial score (nSPS) is 10.1. The van der Waals surface area contributed by atoms with Gasteiger partial charge in [0.05, 0.1) is 0 Å². The van der Waals surface area contributed by atoms with Gasteiger partial charge in [0, 0.05) is 18.9 Å². The number of hydrogen-bond donors (Lipinski definition) is 3. The summed E-state index contributed by atoms with van der Waals surface area (Å²) >= 11 is 0. The maximum atomic E-state index is 5.43. The molecule has 16 heavy (non-hydrogen) atoms. The third-order valence-corrected chi connectivity index (χ3v) is 2.62. The fraction of sp³-hybridized carbons (Fsp3) is 1.00. The van der Waals surface area contributed by atoms with E-state index in [1.54, 1.807) is 0 Å². The van der Waals surface area contributed by atoms with Crippen LogP contribution in [0.5, 0.6) is 0 Å². The largest absolute Gasteiger partial charge is 0.330 e. The van der Waals surface area contributed by atoms with Crippen LogP contribution in [0.2, 0.25) is 0 Å². The Balaban J connectivity index is 0. The first-order chi connectivity index (χ1) is 7.41. The summed E-state index contributed by atoms with van der Waals surface area (Å²) in [6.07, 6.45) is 10.2. The summed E-state index contributed by atoms with van der Waals surface area (Å²) in [5, 5.41) is 3.45. The fourth-order valence-corrected chi connectivity index (χ4v) is 1.62. The number of rotatable bonds is 12. The molecule has 0 saturated heterocycles. The van der Waals surface area contributed by atoms with E-state index < -0.39 is 0 Å². The molecule has 5 N–H and O–H groups in total. The van der Waals surface area contributed by atoms with Crippen LogP contribution < -0.4 is 16.8 Å². The topological polar surface area (TPSA) is 64.1 Å². The molecule has 0 spiro atoms. The van der Waals surface area contributed by atoms with Gasteiger partial charge >= 0.3 is 0 Å². The zero-order valence-corrected chi connectivity index (χ0v) is 11.1. The second kappa shape index (κ2) is 17.9. The smallest absolute Gasteiger partial charge is 0 e. The second-order valence-corrected chi connectivity index (χ2v) is 4.16. The van der Waals surface area contributed by atoms with E-state index in [1.165, 1.54) is 51.5 Å². The molecule has 0 rings (SSSR count). The van der Waals surface area contributed by atoms with E-state index in [-0.39, 0.29) is 18.9 Å². The van der Waals surface area contributed by atoms with Gasteiger partial charge in [0.2, 0.25) is 0 Å². The molecular weight excluding hydrogens is 193 g/mol. The Labute approximate surface area is 113 Å². The molecule has 4 heteroatoms. The second-order valence-electron chi connectivity index (χ2n) is 4.16. The van der Waals surface area contributed by atoms with E-state index >= 15 is 0 Å². The van der Waals surface area contributed by atoms with Crippen molar-refractivity contribution in [3.63, 3.8) is 0 Å². The molecule has 0 amide bonds. The van der Waals surface area contributed by atoms with Crippen LogP contribution in [0.3, 0.4) is 0 Å². The molecule has 0 aromatic heterocycles. The van der Waals surface area contributed by atoms with Crippen molar-refractivity contribution in [2.45, 2.75) is 51.4 Å². The van der Waals surface area contributed by atoms with E-state index in [1.807, 2.05) is 0 Å². The van der Waals surface area contributed by atoms with Crippen LogP contribution in [-0.4, -0.2) is 45.0 Å². The quantitative estimate of drug-likeness (QED) is 0.344. The molecule has 0 saturated carbocycles. The van der Waals surface area contributed by atoms with Gasteiger partial charge < -0.3 is 16.8 Å². The zero-order valence-electron chi connectivity index (χ0n) is 11.1. The summed E-state index contributed by atoms with van der Waals surface area (Å²) in [7, 11) is 0. The summed E-state index contributed by atoms with van der Waals surface area (Å²) in [6, 6.07) is 0. The van der Waals surface area contributed by atoms with Gasteiger partial charge in [0.15, 0.2) is 0 Å². The van der Waals surface area contributed by atoms with E-state index in [9.17, 15) is 0 Å². The standard InChI is InChI=1S/C12H29N3.Li/c13-9-5-3-1-2-4-7-11-15-12-8-6-10-14;/h15H,1-14H2;. The van der Waals surface area contributed by atoms with Gasteiger partial charge in [-0.3, -0.25) is 0 Å². The van der Waals surface area contributed by atoms with Crippen molar-refractivity contribution in [2.75, 3.05) is 26.2 Å². The monoisotopic (exact) mass is 222 g/mol. The Morgan fingerprint density at radius 1 is 0.562 bits per heavy atom. The Morgan fingerprint density at radius 3 is 1.50 bits per heavy atom. The third-order valence-electron chi connectivity index (χ3n) is 2.62. The van der Waals surface area contributed by atoms with Crippen LogP contribution in [0, 0.1) is 0 Å². The van der Waals surface area contributed by atoms with Gasteiger partial charge in [-0.25, -0.2) is 0 Å². The van der Waals surface area contributed by atoms with Crippen LogP contribution in [0.15, 0.2) is 0 Å². The Morgan fingerprint density at radius 2 is 0.938 bits per heavy atom. The maximum Gasteiger partial charge on any atom is 0 e. The van der Waals surface area contributed by atoms with Gasteiger partial charge in [-0.05, 0) is 51.9 Å². The Bertz CT molecular complexity index is 100. The summed E-state index contributed by atoms with van der Waals surface area (Å²) in [6.45, 7) is 3.97. The Kier molecular flexibility index (Phi) is 21.0. The van der Waals surface area contributed by atoms with Crippen LogP contribution >= 0.6 is 0 Å². The predicted octanol–water partition coefficient (Wildman–Crippen LogP) is 1.23. The molecule has 0 bridgehead atoms. The van der Waals surface area contributed by atoms with Crippen LogP contribution in [0.4, 0.5) is 0 Å². The summed E-state index contributed by atoms with van der Waals surface area (Å²) in [5.74, 6) is 0. The molecule has 0 fully saturated rings. The summed E-state index contributed by atoms with van der Waals surface area (Å²) < 4.78 is 0. The van der Waals surface area contributed by atoms with E-state index in [0.717, 1.165) is 26.1 Å². The number of nitrogens with two attached hydrogens (primary N) is 2. The third kappa shape index (κ3) is 16.9. The number of hydrogen-bond acceptors (Lipinski definition) is 3. The minimum Gasteiger partial charge on any atom is -0.330 e. The molecule has 0 aliphatic carbocycles. The van der Waals surface area contributed by atoms with Gasteiger partial charge in [-0.1, -0.05) is 25.7 Å². The maximum absolute atomic E-state index is 5.43. The first kappa shape index (κ1) is 18.8. The van der Waals surface area contributed by atoms with Crippen LogP contribution in [0.25, 0.3) is 0 Å². The molecular formula is C12H29LiN3. The molecule has 0 unspecified atom stereocenters. The number of nitrogens with one attached hydrogen (secondary N) is 1. The summed E-state index contributed by atoms with van der Waals surface area (Å²) in [4.78, 5) is 0. The van der Waals surface area contributed by atoms with Gasteiger partial charge in [-0.2, -0.15) is 0 Å². The van der Waals surface area contributed by atoms with E-state index in [2.05, 4.69) is 5.32 Å². The number of unbranched alkanes of at least 4 members (excludes halogenated alkanes) is 6. The minimum absolute atomic E-state index is 0. The fourth-order valence-electron chi connectivity index (χ4n) is 1.62. The van der Waals surface area contributed by atoms with Crippen LogP contribution in [0.1, 0.15) is 51.4 Å². The van der Waals surface area contributed by atoms with Gasteiger partial charge in [0.1, 0.15) is 0 Å². The minimum atomic E-state index is 0. The molecule has 0 heterocycles. The van der Waals surface area contributed by atoms with E-state index in [0.29, 0.717) is 0 Å². The molecule has 0 aliphatic rings.